The fraction of sp³-hybridized carbons (Fsp3) is 0.583. The van der Waals surface area contributed by atoms with E-state index in [4.69, 9.17) is 32.7 Å². The van der Waals surface area contributed by atoms with Crippen LogP contribution in [0, 0.1) is 0 Å². The van der Waals surface area contributed by atoms with Gasteiger partial charge in [0.1, 0.15) is 5.03 Å². The molecular formula is C12H17Cl2NO3. The fourth-order valence-electron chi connectivity index (χ4n) is 2.28. The van der Waals surface area contributed by atoms with Gasteiger partial charge in [-0.2, -0.15) is 0 Å². The normalized spacial score (nSPS) is 26.7. The molecule has 4 nitrogen and oxygen atoms in total. The maximum absolute atomic E-state index is 12.3. The van der Waals surface area contributed by atoms with E-state index in [2.05, 4.69) is 6.58 Å². The van der Waals surface area contributed by atoms with Gasteiger partial charge in [-0.15, -0.1) is 18.2 Å². The molecule has 0 aliphatic heterocycles. The lowest BCUT2D eigenvalue weighted by Crippen LogP contribution is -2.56. The summed E-state index contributed by atoms with van der Waals surface area (Å²) >= 11 is 12.5. The number of likely N-dealkylation sites (N-methyl/N-ethyl adjacent to an activating group) is 1. The molecule has 0 unspecified atom stereocenters. The summed E-state index contributed by atoms with van der Waals surface area (Å²) in [5, 5.41) is 0.0283. The van der Waals surface area contributed by atoms with Crippen LogP contribution in [0.1, 0.15) is 6.42 Å². The Labute approximate surface area is 117 Å². The molecule has 0 fully saturated rings. The molecule has 18 heavy (non-hydrogen) atoms. The lowest BCUT2D eigenvalue weighted by atomic mass is 9.93. The van der Waals surface area contributed by atoms with Crippen LogP contribution in [0.3, 0.4) is 0 Å². The van der Waals surface area contributed by atoms with Crippen molar-refractivity contribution in [2.45, 2.75) is 17.1 Å². The number of Topliss-reactive ketones (excluding diaryl/α,β-unsaturated/α-hetero) is 1. The smallest absolute Gasteiger partial charge is 0.239 e. The number of ketones is 1. The summed E-state index contributed by atoms with van der Waals surface area (Å²) < 4.78 is 10.8. The molecule has 0 aromatic carbocycles. The predicted octanol–water partition coefficient (Wildman–Crippen LogP) is 2.12. The number of nitrogens with zero attached hydrogens (tertiary/aromatic N) is 1. The van der Waals surface area contributed by atoms with Crippen LogP contribution in [0.15, 0.2) is 23.4 Å². The number of alkyl halides is 1. The van der Waals surface area contributed by atoms with Crippen molar-refractivity contribution in [1.29, 1.82) is 0 Å². The lowest BCUT2D eigenvalue weighted by Gasteiger charge is -2.40. The van der Waals surface area contributed by atoms with Gasteiger partial charge < -0.3 is 14.4 Å². The minimum absolute atomic E-state index is 0.0283. The lowest BCUT2D eigenvalue weighted by molar-refractivity contribution is -0.204. The molecule has 0 heterocycles. The van der Waals surface area contributed by atoms with Crippen LogP contribution >= 0.6 is 23.2 Å². The standard InChI is InChI=1S/C12H17Cl2NO3/c1-6-7-11(14)10(16)8(13)9(15(2)3)12(11,17-4)18-5/h6H,1,7H2,2-5H3/t11-/m1/s1. The number of rotatable bonds is 5. The summed E-state index contributed by atoms with van der Waals surface area (Å²) in [5.74, 6) is -1.83. The first-order chi connectivity index (χ1) is 8.32. The van der Waals surface area contributed by atoms with Crippen molar-refractivity contribution in [2.75, 3.05) is 28.3 Å². The molecule has 0 saturated carbocycles. The second-order valence-electron chi connectivity index (χ2n) is 4.20. The minimum Gasteiger partial charge on any atom is -0.375 e. The Morgan fingerprint density at radius 1 is 1.39 bits per heavy atom. The summed E-state index contributed by atoms with van der Waals surface area (Å²) in [4.78, 5) is 12.5. The largest absolute Gasteiger partial charge is 0.375 e. The van der Waals surface area contributed by atoms with Gasteiger partial charge in [0.05, 0.1) is 5.70 Å². The second-order valence-corrected chi connectivity index (χ2v) is 5.23. The van der Waals surface area contributed by atoms with Crippen LogP contribution in [-0.2, 0) is 14.3 Å². The molecule has 1 aliphatic rings. The van der Waals surface area contributed by atoms with E-state index in [1.807, 2.05) is 0 Å². The highest BCUT2D eigenvalue weighted by Gasteiger charge is 2.66. The highest BCUT2D eigenvalue weighted by molar-refractivity contribution is 6.53. The van der Waals surface area contributed by atoms with Crippen LogP contribution in [-0.4, -0.2) is 49.7 Å². The van der Waals surface area contributed by atoms with Crippen LogP contribution in [0.2, 0.25) is 0 Å². The third-order valence-corrected chi connectivity index (χ3v) is 3.97. The Balaban J connectivity index is 3.52. The maximum atomic E-state index is 12.3. The van der Waals surface area contributed by atoms with Gasteiger partial charge in [0.2, 0.25) is 11.6 Å². The van der Waals surface area contributed by atoms with Gasteiger partial charge in [-0.3, -0.25) is 4.79 Å². The summed E-state index contributed by atoms with van der Waals surface area (Å²) in [6.07, 6.45) is 1.73. The Morgan fingerprint density at radius 3 is 2.22 bits per heavy atom. The van der Waals surface area contributed by atoms with Crippen molar-refractivity contribution in [2.24, 2.45) is 0 Å². The quantitative estimate of drug-likeness (QED) is 0.442. The Kier molecular flexibility index (Phi) is 4.49. The number of halogens is 2. The Bertz CT molecular complexity index is 402. The molecule has 1 rings (SSSR count). The van der Waals surface area contributed by atoms with E-state index in [9.17, 15) is 4.79 Å². The first kappa shape index (κ1) is 15.5. The first-order valence-corrected chi connectivity index (χ1v) is 6.10. The molecule has 6 heteroatoms. The predicted molar refractivity (Wildman–Crippen MR) is 71.7 cm³/mol. The SMILES string of the molecule is C=CC[C@@]1(Cl)C(=O)C(Cl)=C(N(C)C)C1(OC)OC. The zero-order valence-corrected chi connectivity index (χ0v) is 12.4. The van der Waals surface area contributed by atoms with Crippen molar-refractivity contribution >= 4 is 29.0 Å². The monoisotopic (exact) mass is 293 g/mol. The number of carbonyl (C=O) groups is 1. The Morgan fingerprint density at radius 2 is 1.89 bits per heavy atom. The van der Waals surface area contributed by atoms with Crippen LogP contribution in [0.5, 0.6) is 0 Å². The average Bonchev–Trinajstić information content (AvgIpc) is 2.48. The molecule has 0 N–H and O–H groups in total. The molecule has 1 atom stereocenters. The molecule has 0 saturated heterocycles. The molecule has 102 valence electrons. The summed E-state index contributed by atoms with van der Waals surface area (Å²) in [5.41, 5.74) is 0.413. The number of hydrogen-bond donors (Lipinski definition) is 0. The summed E-state index contributed by atoms with van der Waals surface area (Å²) in [6, 6.07) is 0. The molecule has 0 radical (unpaired) electrons. The third kappa shape index (κ3) is 1.79. The van der Waals surface area contributed by atoms with E-state index in [1.165, 1.54) is 14.2 Å². The first-order valence-electron chi connectivity index (χ1n) is 5.34. The minimum atomic E-state index is -1.44. The average molecular weight is 294 g/mol. The van der Waals surface area contributed by atoms with Gasteiger partial charge >= 0.3 is 0 Å². The van der Waals surface area contributed by atoms with Gasteiger partial charge in [-0.1, -0.05) is 17.7 Å². The third-order valence-electron chi connectivity index (χ3n) is 3.05. The molecule has 0 aromatic heterocycles. The van der Waals surface area contributed by atoms with Crippen molar-refractivity contribution in [1.82, 2.24) is 4.90 Å². The van der Waals surface area contributed by atoms with Crippen molar-refractivity contribution in [3.05, 3.63) is 23.4 Å². The van der Waals surface area contributed by atoms with Crippen LogP contribution in [0.25, 0.3) is 0 Å². The van der Waals surface area contributed by atoms with Crippen molar-refractivity contribution in [3.8, 4) is 0 Å². The summed E-state index contributed by atoms with van der Waals surface area (Å²) in [6.45, 7) is 3.61. The van der Waals surface area contributed by atoms with Gasteiger partial charge in [-0.05, 0) is 6.42 Å². The Hall–Kier alpha value is -0.550. The van der Waals surface area contributed by atoms with Gasteiger partial charge in [0.15, 0.2) is 4.87 Å². The summed E-state index contributed by atoms with van der Waals surface area (Å²) in [7, 11) is 6.34. The van der Waals surface area contributed by atoms with E-state index in [-0.39, 0.29) is 11.5 Å². The zero-order chi connectivity index (χ0) is 14.1. The highest BCUT2D eigenvalue weighted by Crippen LogP contribution is 2.51. The van der Waals surface area contributed by atoms with E-state index in [1.54, 1.807) is 25.1 Å². The van der Waals surface area contributed by atoms with Gasteiger partial charge in [0, 0.05) is 28.3 Å². The van der Waals surface area contributed by atoms with Crippen molar-refractivity contribution < 1.29 is 14.3 Å². The van der Waals surface area contributed by atoms with E-state index >= 15 is 0 Å². The number of hydrogen-bond acceptors (Lipinski definition) is 4. The van der Waals surface area contributed by atoms with Gasteiger partial charge in [0.25, 0.3) is 0 Å². The van der Waals surface area contributed by atoms with Gasteiger partial charge in [-0.25, -0.2) is 0 Å². The highest BCUT2D eigenvalue weighted by atomic mass is 35.5. The van der Waals surface area contributed by atoms with E-state index in [0.717, 1.165) is 0 Å². The number of ether oxygens (including phenoxy) is 2. The van der Waals surface area contributed by atoms with Crippen LogP contribution < -0.4 is 0 Å². The number of allylic oxidation sites excluding steroid dienone is 2. The molecule has 0 bridgehead atoms. The number of methoxy groups -OCH3 is 2. The second kappa shape index (κ2) is 5.21. The molecule has 1 aliphatic carbocycles. The fourth-order valence-corrected chi connectivity index (χ4v) is 3.23. The zero-order valence-electron chi connectivity index (χ0n) is 10.9. The maximum Gasteiger partial charge on any atom is 0.239 e. The molecule has 0 aromatic rings. The topological polar surface area (TPSA) is 38.8 Å². The molecule has 0 spiro atoms. The van der Waals surface area contributed by atoms with E-state index in [0.29, 0.717) is 5.70 Å². The van der Waals surface area contributed by atoms with Crippen molar-refractivity contribution in [3.63, 3.8) is 0 Å². The van der Waals surface area contributed by atoms with E-state index < -0.39 is 16.4 Å². The molecule has 0 amide bonds. The number of carbonyl (C=O) groups excluding carboxylic acids is 1. The molecular weight excluding hydrogens is 277 g/mol. The van der Waals surface area contributed by atoms with Crippen LogP contribution in [0.4, 0.5) is 0 Å².